The highest BCUT2D eigenvalue weighted by Crippen LogP contribution is 2.38. The molecule has 4 aromatic carbocycles. The third kappa shape index (κ3) is 4.03. The number of nitrogens with zero attached hydrogens (tertiary/aromatic N) is 1. The molecule has 0 N–H and O–H groups in total. The molecule has 0 saturated heterocycles. The van der Waals surface area contributed by atoms with Crippen molar-refractivity contribution in [3.63, 3.8) is 0 Å². The first-order valence-electron chi connectivity index (χ1n) is 9.55. The molecule has 0 bridgehead atoms. The molecule has 0 saturated carbocycles. The predicted molar refractivity (Wildman–Crippen MR) is 121 cm³/mol. The molecule has 4 rings (SSSR count). The largest absolute Gasteiger partial charge is 0.497 e. The quantitative estimate of drug-likeness (QED) is 0.215. The van der Waals surface area contributed by atoms with Crippen LogP contribution in [0.1, 0.15) is 0 Å². The summed E-state index contributed by atoms with van der Waals surface area (Å²) < 4.78 is 10.8. The highest BCUT2D eigenvalue weighted by Gasteiger charge is 2.15. The fourth-order valence-corrected chi connectivity index (χ4v) is 3.36. The number of rotatable bonds is 6. The number of esters is 1. The van der Waals surface area contributed by atoms with Gasteiger partial charge < -0.3 is 14.4 Å². The Labute approximate surface area is 175 Å². The van der Waals surface area contributed by atoms with Gasteiger partial charge in [-0.2, -0.15) is 0 Å². The van der Waals surface area contributed by atoms with Crippen molar-refractivity contribution < 1.29 is 14.3 Å². The molecule has 4 heteroatoms. The number of fused-ring (bicyclic) bond motifs is 1. The summed E-state index contributed by atoms with van der Waals surface area (Å²) >= 11 is 0. The van der Waals surface area contributed by atoms with Crippen LogP contribution >= 0.6 is 0 Å². The van der Waals surface area contributed by atoms with Gasteiger partial charge in [0.05, 0.1) is 7.11 Å². The Morgan fingerprint density at radius 2 is 1.40 bits per heavy atom. The van der Waals surface area contributed by atoms with Gasteiger partial charge in [0.15, 0.2) is 0 Å². The van der Waals surface area contributed by atoms with E-state index in [4.69, 9.17) is 9.47 Å². The Balaban J connectivity index is 1.86. The summed E-state index contributed by atoms with van der Waals surface area (Å²) in [5.74, 6) is 0.712. The van der Waals surface area contributed by atoms with Crippen LogP contribution in [0, 0.1) is 0 Å². The third-order valence-electron chi connectivity index (χ3n) is 4.76. The van der Waals surface area contributed by atoms with E-state index in [0.717, 1.165) is 34.3 Å². The lowest BCUT2D eigenvalue weighted by molar-refractivity contribution is -0.128. The van der Waals surface area contributed by atoms with Gasteiger partial charge >= 0.3 is 5.97 Å². The fraction of sp³-hybridized carbons (Fsp3) is 0.0385. The molecule has 0 aliphatic heterocycles. The maximum atomic E-state index is 11.7. The smallest absolute Gasteiger partial charge is 0.335 e. The maximum Gasteiger partial charge on any atom is 0.335 e. The van der Waals surface area contributed by atoms with E-state index in [-0.39, 0.29) is 0 Å². The second-order valence-corrected chi connectivity index (χ2v) is 6.69. The number of ether oxygens (including phenoxy) is 2. The molecule has 0 fully saturated rings. The molecule has 30 heavy (non-hydrogen) atoms. The topological polar surface area (TPSA) is 38.8 Å². The molecule has 4 nitrogen and oxygen atoms in total. The van der Waals surface area contributed by atoms with Crippen molar-refractivity contribution in [3.8, 4) is 11.5 Å². The van der Waals surface area contributed by atoms with Crippen LogP contribution in [0.25, 0.3) is 10.8 Å². The highest BCUT2D eigenvalue weighted by atomic mass is 16.5. The van der Waals surface area contributed by atoms with Gasteiger partial charge in [-0.25, -0.2) is 4.79 Å². The molecule has 0 spiro atoms. The lowest BCUT2D eigenvalue weighted by Crippen LogP contribution is -2.11. The third-order valence-corrected chi connectivity index (χ3v) is 4.76. The predicted octanol–water partition coefficient (Wildman–Crippen LogP) is 6.41. The molecule has 148 valence electrons. The number of hydrogen-bond acceptors (Lipinski definition) is 4. The normalized spacial score (nSPS) is 10.4. The maximum absolute atomic E-state index is 11.7. The highest BCUT2D eigenvalue weighted by molar-refractivity contribution is 5.89. The summed E-state index contributed by atoms with van der Waals surface area (Å²) in [4.78, 5) is 13.8. The van der Waals surface area contributed by atoms with E-state index in [1.165, 1.54) is 5.39 Å². The van der Waals surface area contributed by atoms with Crippen LogP contribution in [0.5, 0.6) is 11.5 Å². The van der Waals surface area contributed by atoms with Gasteiger partial charge in [0, 0.05) is 35.3 Å². The van der Waals surface area contributed by atoms with Gasteiger partial charge in [0.2, 0.25) is 0 Å². The van der Waals surface area contributed by atoms with Crippen LogP contribution in [0.15, 0.2) is 104 Å². The molecule has 0 atom stereocenters. The van der Waals surface area contributed by atoms with Crippen LogP contribution in [-0.4, -0.2) is 13.1 Å². The SMILES string of the molecule is C=CC(=O)Oc1cccc(N(c2cccc(OC)c2)c2ccc3ccccc3c2)c1. The minimum Gasteiger partial charge on any atom is -0.497 e. The second kappa shape index (κ2) is 8.53. The van der Waals surface area contributed by atoms with E-state index < -0.39 is 5.97 Å². The minimum absolute atomic E-state index is 0.450. The summed E-state index contributed by atoms with van der Waals surface area (Å²) in [5.41, 5.74) is 2.76. The Morgan fingerprint density at radius 1 is 0.767 bits per heavy atom. The molecular formula is C26H21NO3. The van der Waals surface area contributed by atoms with E-state index >= 15 is 0 Å². The minimum atomic E-state index is -0.495. The lowest BCUT2D eigenvalue weighted by atomic mass is 10.1. The van der Waals surface area contributed by atoms with Crippen LogP contribution in [0.2, 0.25) is 0 Å². The molecule has 0 heterocycles. The average Bonchev–Trinajstić information content (AvgIpc) is 2.79. The van der Waals surface area contributed by atoms with Crippen molar-refractivity contribution >= 4 is 33.8 Å². The average molecular weight is 395 g/mol. The Kier molecular flexibility index (Phi) is 5.48. The molecule has 0 radical (unpaired) electrons. The monoisotopic (exact) mass is 395 g/mol. The van der Waals surface area contributed by atoms with Crippen molar-refractivity contribution in [2.75, 3.05) is 12.0 Å². The van der Waals surface area contributed by atoms with Gasteiger partial charge in [0.1, 0.15) is 11.5 Å². The van der Waals surface area contributed by atoms with E-state index in [1.807, 2.05) is 54.6 Å². The summed E-state index contributed by atoms with van der Waals surface area (Å²) in [6, 6.07) is 29.8. The van der Waals surface area contributed by atoms with Crippen molar-refractivity contribution in [1.82, 2.24) is 0 Å². The first-order valence-corrected chi connectivity index (χ1v) is 9.55. The van der Waals surface area contributed by atoms with Crippen molar-refractivity contribution in [2.24, 2.45) is 0 Å². The Hall–Kier alpha value is -4.05. The Morgan fingerprint density at radius 3 is 2.10 bits per heavy atom. The molecule has 0 unspecified atom stereocenters. The molecule has 0 amide bonds. The van der Waals surface area contributed by atoms with E-state index in [9.17, 15) is 4.79 Å². The number of hydrogen-bond donors (Lipinski definition) is 0. The van der Waals surface area contributed by atoms with Gasteiger partial charge in [-0.05, 0) is 47.2 Å². The summed E-state index contributed by atoms with van der Waals surface area (Å²) in [6.07, 6.45) is 1.15. The van der Waals surface area contributed by atoms with Gasteiger partial charge in [-0.3, -0.25) is 0 Å². The molecule has 0 aliphatic rings. The van der Waals surface area contributed by atoms with Crippen molar-refractivity contribution in [2.45, 2.75) is 0 Å². The first-order chi connectivity index (χ1) is 14.7. The lowest BCUT2D eigenvalue weighted by Gasteiger charge is -2.26. The summed E-state index contributed by atoms with van der Waals surface area (Å²) in [7, 11) is 1.65. The van der Waals surface area contributed by atoms with Crippen LogP contribution in [0.3, 0.4) is 0 Å². The van der Waals surface area contributed by atoms with E-state index in [0.29, 0.717) is 5.75 Å². The summed E-state index contributed by atoms with van der Waals surface area (Å²) in [5, 5.41) is 2.30. The van der Waals surface area contributed by atoms with Crippen LogP contribution in [-0.2, 0) is 4.79 Å². The molecule has 0 aliphatic carbocycles. The number of carbonyl (C=O) groups excluding carboxylic acids is 1. The fourth-order valence-electron chi connectivity index (χ4n) is 3.36. The Bertz CT molecular complexity index is 1220. The van der Waals surface area contributed by atoms with Gasteiger partial charge in [-0.1, -0.05) is 49.0 Å². The van der Waals surface area contributed by atoms with Gasteiger partial charge in [0.25, 0.3) is 0 Å². The number of anilines is 3. The zero-order valence-corrected chi connectivity index (χ0v) is 16.6. The first kappa shape index (κ1) is 19.3. The molecule has 4 aromatic rings. The zero-order valence-electron chi connectivity index (χ0n) is 16.6. The second-order valence-electron chi connectivity index (χ2n) is 6.69. The summed E-state index contributed by atoms with van der Waals surface area (Å²) in [6.45, 7) is 3.46. The van der Waals surface area contributed by atoms with Gasteiger partial charge in [-0.15, -0.1) is 0 Å². The zero-order chi connectivity index (χ0) is 20.9. The van der Waals surface area contributed by atoms with Crippen LogP contribution in [0.4, 0.5) is 17.1 Å². The number of carbonyl (C=O) groups is 1. The van der Waals surface area contributed by atoms with E-state index in [1.54, 1.807) is 13.2 Å². The van der Waals surface area contributed by atoms with Crippen molar-refractivity contribution in [3.05, 3.63) is 104 Å². The standard InChI is InChI=1S/C26H21NO3/c1-3-26(28)30-25-13-7-11-22(18-25)27(21-10-6-12-24(17-21)29-2)23-15-14-19-8-4-5-9-20(19)16-23/h3-18H,1H2,2H3. The number of benzene rings is 4. The van der Waals surface area contributed by atoms with Crippen molar-refractivity contribution in [1.29, 1.82) is 0 Å². The molecular weight excluding hydrogens is 374 g/mol. The van der Waals surface area contributed by atoms with Crippen LogP contribution < -0.4 is 14.4 Å². The molecule has 0 aromatic heterocycles. The van der Waals surface area contributed by atoms with E-state index in [2.05, 4.69) is 41.8 Å². The number of methoxy groups -OCH3 is 1.